The number of rotatable bonds is 1. The van der Waals surface area contributed by atoms with Crippen LogP contribution in [0.2, 0.25) is 0 Å². The van der Waals surface area contributed by atoms with E-state index in [1.165, 1.54) is 6.20 Å². The van der Waals surface area contributed by atoms with E-state index in [1.807, 2.05) is 0 Å². The van der Waals surface area contributed by atoms with Crippen molar-refractivity contribution in [2.75, 3.05) is 0 Å². The molecule has 5 heteroatoms. The minimum atomic E-state index is -0.965. The Morgan fingerprint density at radius 3 is 3.00 bits per heavy atom. The standard InChI is InChI=1S/C6H9FN4/c7-4-1-2-6(4,8)5-3-9-11-10-5/h3-4H,1-2,8H2,(H,9,10,11). The van der Waals surface area contributed by atoms with Crippen molar-refractivity contribution in [1.82, 2.24) is 15.4 Å². The molecule has 0 bridgehead atoms. The molecule has 2 unspecified atom stereocenters. The molecular weight excluding hydrogens is 147 g/mol. The highest BCUT2D eigenvalue weighted by molar-refractivity contribution is 5.17. The molecule has 1 fully saturated rings. The van der Waals surface area contributed by atoms with Crippen LogP contribution in [0.1, 0.15) is 18.5 Å². The van der Waals surface area contributed by atoms with Crippen LogP contribution in [0, 0.1) is 0 Å². The molecule has 60 valence electrons. The van der Waals surface area contributed by atoms with Gasteiger partial charge in [-0.05, 0) is 12.8 Å². The van der Waals surface area contributed by atoms with E-state index in [4.69, 9.17) is 5.73 Å². The van der Waals surface area contributed by atoms with E-state index < -0.39 is 11.7 Å². The third kappa shape index (κ3) is 0.773. The molecule has 0 saturated heterocycles. The fraction of sp³-hybridized carbons (Fsp3) is 0.667. The zero-order valence-electron chi connectivity index (χ0n) is 5.92. The van der Waals surface area contributed by atoms with Crippen LogP contribution in [0.25, 0.3) is 0 Å². The number of aromatic amines is 1. The molecule has 0 aliphatic heterocycles. The van der Waals surface area contributed by atoms with Crippen molar-refractivity contribution in [3.05, 3.63) is 11.9 Å². The summed E-state index contributed by atoms with van der Waals surface area (Å²) in [5.74, 6) is 0. The van der Waals surface area contributed by atoms with Crippen LogP contribution in [0.3, 0.4) is 0 Å². The van der Waals surface area contributed by atoms with Crippen LogP contribution < -0.4 is 5.73 Å². The van der Waals surface area contributed by atoms with Gasteiger partial charge in [0, 0.05) is 0 Å². The predicted molar refractivity (Wildman–Crippen MR) is 36.4 cm³/mol. The molecular formula is C6H9FN4. The number of hydrogen-bond acceptors (Lipinski definition) is 3. The first-order chi connectivity index (χ1) is 5.23. The van der Waals surface area contributed by atoms with E-state index in [0.29, 0.717) is 18.5 Å². The molecule has 0 radical (unpaired) electrons. The van der Waals surface area contributed by atoms with Crippen molar-refractivity contribution < 1.29 is 4.39 Å². The predicted octanol–water partition coefficient (Wildman–Crippen LogP) is 0.0906. The van der Waals surface area contributed by atoms with Crippen LogP contribution >= 0.6 is 0 Å². The number of alkyl halides is 1. The second-order valence-electron chi connectivity index (χ2n) is 2.90. The molecule has 0 spiro atoms. The molecule has 1 aliphatic carbocycles. The van der Waals surface area contributed by atoms with Gasteiger partial charge in [0.25, 0.3) is 0 Å². The van der Waals surface area contributed by atoms with Gasteiger partial charge in [0.05, 0.1) is 11.7 Å². The van der Waals surface area contributed by atoms with Gasteiger partial charge in [0.15, 0.2) is 0 Å². The van der Waals surface area contributed by atoms with Crippen LogP contribution in [0.15, 0.2) is 6.20 Å². The fourth-order valence-corrected chi connectivity index (χ4v) is 1.28. The van der Waals surface area contributed by atoms with E-state index >= 15 is 0 Å². The maximum absolute atomic E-state index is 12.9. The molecule has 11 heavy (non-hydrogen) atoms. The number of hydrogen-bond donors (Lipinski definition) is 2. The van der Waals surface area contributed by atoms with Gasteiger partial charge in [-0.15, -0.1) is 0 Å². The average molecular weight is 156 g/mol. The third-order valence-corrected chi connectivity index (χ3v) is 2.26. The van der Waals surface area contributed by atoms with Gasteiger partial charge in [-0.1, -0.05) is 0 Å². The topological polar surface area (TPSA) is 67.6 Å². The summed E-state index contributed by atoms with van der Waals surface area (Å²) < 4.78 is 12.9. The highest BCUT2D eigenvalue weighted by Gasteiger charge is 2.47. The van der Waals surface area contributed by atoms with Crippen molar-refractivity contribution in [2.24, 2.45) is 5.73 Å². The average Bonchev–Trinajstić information content (AvgIpc) is 2.52. The Bertz CT molecular complexity index is 247. The molecule has 1 saturated carbocycles. The minimum Gasteiger partial charge on any atom is -0.318 e. The van der Waals surface area contributed by atoms with Gasteiger partial charge in [-0.2, -0.15) is 15.4 Å². The van der Waals surface area contributed by atoms with Gasteiger partial charge in [0.1, 0.15) is 11.9 Å². The first-order valence-electron chi connectivity index (χ1n) is 3.53. The lowest BCUT2D eigenvalue weighted by Gasteiger charge is -2.39. The van der Waals surface area contributed by atoms with Gasteiger partial charge in [0.2, 0.25) is 0 Å². The second kappa shape index (κ2) is 2.01. The van der Waals surface area contributed by atoms with Crippen molar-refractivity contribution in [3.63, 3.8) is 0 Å². The Labute approximate surface area is 63.0 Å². The van der Waals surface area contributed by atoms with Crippen molar-refractivity contribution in [1.29, 1.82) is 0 Å². The van der Waals surface area contributed by atoms with Gasteiger partial charge in [-0.3, -0.25) is 0 Å². The van der Waals surface area contributed by atoms with E-state index in [-0.39, 0.29) is 0 Å². The van der Waals surface area contributed by atoms with Crippen LogP contribution in [-0.4, -0.2) is 21.6 Å². The first kappa shape index (κ1) is 6.72. The highest BCUT2D eigenvalue weighted by Crippen LogP contribution is 2.39. The van der Waals surface area contributed by atoms with Gasteiger partial charge < -0.3 is 5.73 Å². The Hall–Kier alpha value is -0.970. The van der Waals surface area contributed by atoms with Crippen molar-refractivity contribution in [2.45, 2.75) is 24.6 Å². The normalized spacial score (nSPS) is 36.7. The lowest BCUT2D eigenvalue weighted by atomic mass is 9.74. The van der Waals surface area contributed by atoms with E-state index in [0.717, 1.165) is 0 Å². The molecule has 1 aliphatic rings. The van der Waals surface area contributed by atoms with Gasteiger partial charge >= 0.3 is 0 Å². The quantitative estimate of drug-likeness (QED) is 0.605. The monoisotopic (exact) mass is 156 g/mol. The molecule has 0 aromatic carbocycles. The molecule has 0 amide bonds. The Morgan fingerprint density at radius 1 is 1.82 bits per heavy atom. The summed E-state index contributed by atoms with van der Waals surface area (Å²) in [5.41, 5.74) is 5.37. The van der Waals surface area contributed by atoms with E-state index in [1.54, 1.807) is 0 Å². The summed E-state index contributed by atoms with van der Waals surface area (Å²) >= 11 is 0. The molecule has 1 aromatic heterocycles. The maximum Gasteiger partial charge on any atom is 0.124 e. The number of nitrogens with two attached hydrogens (primary N) is 1. The number of halogens is 1. The molecule has 2 rings (SSSR count). The fourth-order valence-electron chi connectivity index (χ4n) is 1.28. The smallest absolute Gasteiger partial charge is 0.124 e. The second-order valence-corrected chi connectivity index (χ2v) is 2.90. The van der Waals surface area contributed by atoms with Crippen LogP contribution in [0.5, 0.6) is 0 Å². The zero-order valence-corrected chi connectivity index (χ0v) is 5.92. The van der Waals surface area contributed by atoms with E-state index in [2.05, 4.69) is 15.4 Å². The summed E-state index contributed by atoms with van der Waals surface area (Å²) in [6.07, 6.45) is 1.70. The summed E-state index contributed by atoms with van der Waals surface area (Å²) in [6.45, 7) is 0. The third-order valence-electron chi connectivity index (χ3n) is 2.26. The largest absolute Gasteiger partial charge is 0.318 e. The Balaban J connectivity index is 2.28. The molecule has 1 aromatic rings. The van der Waals surface area contributed by atoms with Gasteiger partial charge in [-0.25, -0.2) is 4.39 Å². The number of nitrogens with zero attached hydrogens (tertiary/aromatic N) is 2. The first-order valence-corrected chi connectivity index (χ1v) is 3.53. The molecule has 2 atom stereocenters. The minimum absolute atomic E-state index is 0.524. The van der Waals surface area contributed by atoms with Crippen LogP contribution in [0.4, 0.5) is 4.39 Å². The zero-order chi connectivity index (χ0) is 7.90. The summed E-state index contributed by atoms with van der Waals surface area (Å²) in [7, 11) is 0. The SMILES string of the molecule is NC1(c2cn[nH]n2)CCC1F. The number of H-pyrrole nitrogens is 1. The summed E-state index contributed by atoms with van der Waals surface area (Å²) in [5, 5.41) is 9.76. The van der Waals surface area contributed by atoms with Crippen molar-refractivity contribution >= 4 is 0 Å². The highest BCUT2D eigenvalue weighted by atomic mass is 19.1. The summed E-state index contributed by atoms with van der Waals surface area (Å²) in [6, 6.07) is 0. The number of aromatic nitrogens is 3. The number of nitrogens with one attached hydrogen (secondary N) is 1. The summed E-state index contributed by atoms with van der Waals surface area (Å²) in [4.78, 5) is 0. The molecule has 3 N–H and O–H groups in total. The lowest BCUT2D eigenvalue weighted by molar-refractivity contribution is 0.0719. The van der Waals surface area contributed by atoms with Crippen LogP contribution in [-0.2, 0) is 5.54 Å². The maximum atomic E-state index is 12.9. The van der Waals surface area contributed by atoms with Crippen molar-refractivity contribution in [3.8, 4) is 0 Å². The van der Waals surface area contributed by atoms with E-state index in [9.17, 15) is 4.39 Å². The molecule has 1 heterocycles. The Morgan fingerprint density at radius 2 is 2.64 bits per heavy atom. The lowest BCUT2D eigenvalue weighted by Crippen LogP contribution is -2.54. The Kier molecular flexibility index (Phi) is 1.23. The molecule has 4 nitrogen and oxygen atoms in total.